The molecule has 3 aromatic rings. The number of anilines is 3. The van der Waals surface area contributed by atoms with Crippen LogP contribution in [0, 0.1) is 5.82 Å². The van der Waals surface area contributed by atoms with Crippen molar-refractivity contribution in [1.82, 2.24) is 19.6 Å². The second-order valence-electron chi connectivity index (χ2n) is 5.29. The molecule has 0 aliphatic rings. The highest BCUT2D eigenvalue weighted by Crippen LogP contribution is 2.28. The minimum atomic E-state index is -0.659. The minimum absolute atomic E-state index is 0.0708. The summed E-state index contributed by atoms with van der Waals surface area (Å²) in [6, 6.07) is 4.31. The van der Waals surface area contributed by atoms with E-state index in [9.17, 15) is 9.18 Å². The molecule has 25 heavy (non-hydrogen) atoms. The molecule has 0 aliphatic heterocycles. The second-order valence-corrected chi connectivity index (χ2v) is 5.70. The summed E-state index contributed by atoms with van der Waals surface area (Å²) in [5.74, 6) is -0.160. The topological polar surface area (TPSA) is 93.4 Å². The molecule has 1 amide bonds. The van der Waals surface area contributed by atoms with Crippen LogP contribution in [-0.4, -0.2) is 31.8 Å². The van der Waals surface area contributed by atoms with Gasteiger partial charge in [-0.05, 0) is 26.0 Å². The molecular formula is C15H14ClFN6O2. The third kappa shape index (κ3) is 3.61. The van der Waals surface area contributed by atoms with Crippen LogP contribution >= 0.6 is 11.6 Å². The standard InChI is InChI=1S/C15H14ClFN6O2/c1-8(2)25-15(24)20-14-22-21-13-12(18-6-7-23(13)14)19-11-9(16)4-3-5-10(11)17/h3-8H,1-2H3,(H,18,19)(H,20,22,24). The third-order valence-corrected chi connectivity index (χ3v) is 3.40. The number of fused-ring (bicyclic) bond motifs is 1. The summed E-state index contributed by atoms with van der Waals surface area (Å²) >= 11 is 6.01. The van der Waals surface area contributed by atoms with Gasteiger partial charge in [0.25, 0.3) is 0 Å². The lowest BCUT2D eigenvalue weighted by Crippen LogP contribution is -2.19. The van der Waals surface area contributed by atoms with Crippen molar-refractivity contribution in [2.75, 3.05) is 10.6 Å². The van der Waals surface area contributed by atoms with Gasteiger partial charge in [0.1, 0.15) is 5.82 Å². The molecule has 130 valence electrons. The number of carbonyl (C=O) groups is 1. The SMILES string of the molecule is CC(C)OC(=O)Nc1nnc2c(Nc3c(F)cccc3Cl)nccn12. The Kier molecular flexibility index (Phi) is 4.66. The van der Waals surface area contributed by atoms with Gasteiger partial charge in [0.05, 0.1) is 16.8 Å². The molecular weight excluding hydrogens is 351 g/mol. The smallest absolute Gasteiger partial charge is 0.414 e. The number of nitrogens with zero attached hydrogens (tertiary/aromatic N) is 4. The second kappa shape index (κ2) is 6.89. The van der Waals surface area contributed by atoms with E-state index in [0.717, 1.165) is 0 Å². The number of amides is 1. The number of benzene rings is 1. The Morgan fingerprint density at radius 1 is 1.36 bits per heavy atom. The van der Waals surface area contributed by atoms with Crippen LogP contribution in [0.4, 0.5) is 26.6 Å². The van der Waals surface area contributed by atoms with Crippen LogP contribution < -0.4 is 10.6 Å². The lowest BCUT2D eigenvalue weighted by molar-refractivity contribution is 0.129. The Morgan fingerprint density at radius 2 is 2.16 bits per heavy atom. The molecule has 2 aromatic heterocycles. The quantitative estimate of drug-likeness (QED) is 0.734. The number of aromatic nitrogens is 4. The summed E-state index contributed by atoms with van der Waals surface area (Å²) in [6.07, 6.45) is 2.06. The van der Waals surface area contributed by atoms with Crippen molar-refractivity contribution in [1.29, 1.82) is 0 Å². The van der Waals surface area contributed by atoms with Gasteiger partial charge >= 0.3 is 6.09 Å². The zero-order valence-corrected chi connectivity index (χ0v) is 14.1. The van der Waals surface area contributed by atoms with Gasteiger partial charge in [-0.1, -0.05) is 17.7 Å². The zero-order valence-electron chi connectivity index (χ0n) is 13.3. The van der Waals surface area contributed by atoms with Crippen molar-refractivity contribution < 1.29 is 13.9 Å². The van der Waals surface area contributed by atoms with Crippen molar-refractivity contribution >= 4 is 40.8 Å². The summed E-state index contributed by atoms with van der Waals surface area (Å²) in [5.41, 5.74) is 0.350. The number of carbonyl (C=O) groups excluding carboxylic acids is 1. The first-order valence-electron chi connectivity index (χ1n) is 7.34. The van der Waals surface area contributed by atoms with Gasteiger partial charge in [0.15, 0.2) is 5.82 Å². The van der Waals surface area contributed by atoms with Crippen molar-refractivity contribution in [3.05, 3.63) is 41.4 Å². The third-order valence-electron chi connectivity index (χ3n) is 3.09. The van der Waals surface area contributed by atoms with Gasteiger partial charge in [-0.3, -0.25) is 9.72 Å². The molecule has 2 heterocycles. The Morgan fingerprint density at radius 3 is 2.88 bits per heavy atom. The molecule has 0 saturated carbocycles. The van der Waals surface area contributed by atoms with E-state index in [1.807, 2.05) is 0 Å². The maximum atomic E-state index is 13.9. The Balaban J connectivity index is 1.92. The molecule has 0 aliphatic carbocycles. The predicted molar refractivity (Wildman–Crippen MR) is 90.7 cm³/mol. The van der Waals surface area contributed by atoms with Crippen molar-refractivity contribution in [2.45, 2.75) is 20.0 Å². The van der Waals surface area contributed by atoms with E-state index in [4.69, 9.17) is 16.3 Å². The molecule has 10 heteroatoms. The molecule has 0 atom stereocenters. The fourth-order valence-corrected chi connectivity index (χ4v) is 2.28. The van der Waals surface area contributed by atoms with E-state index in [1.165, 1.54) is 22.7 Å². The van der Waals surface area contributed by atoms with Crippen molar-refractivity contribution in [3.8, 4) is 0 Å². The summed E-state index contributed by atoms with van der Waals surface area (Å²) < 4.78 is 20.4. The van der Waals surface area contributed by atoms with Gasteiger partial charge in [0, 0.05) is 12.4 Å². The van der Waals surface area contributed by atoms with Crippen LogP contribution in [0.25, 0.3) is 5.65 Å². The van der Waals surface area contributed by atoms with Crippen LogP contribution in [0.15, 0.2) is 30.6 Å². The molecule has 0 spiro atoms. The number of halogens is 2. The van der Waals surface area contributed by atoms with E-state index >= 15 is 0 Å². The first-order chi connectivity index (χ1) is 12.0. The van der Waals surface area contributed by atoms with Crippen LogP contribution in [0.3, 0.4) is 0 Å². The fraction of sp³-hybridized carbons (Fsp3) is 0.200. The van der Waals surface area contributed by atoms with Gasteiger partial charge < -0.3 is 10.1 Å². The van der Waals surface area contributed by atoms with E-state index in [0.29, 0.717) is 0 Å². The highest BCUT2D eigenvalue weighted by molar-refractivity contribution is 6.33. The van der Waals surface area contributed by atoms with Gasteiger partial charge in [-0.25, -0.2) is 14.2 Å². The maximum absolute atomic E-state index is 13.9. The largest absolute Gasteiger partial charge is 0.447 e. The first-order valence-corrected chi connectivity index (χ1v) is 7.72. The fourth-order valence-electron chi connectivity index (χ4n) is 2.07. The van der Waals surface area contributed by atoms with Crippen LogP contribution in [0.2, 0.25) is 5.02 Å². The zero-order chi connectivity index (χ0) is 18.0. The monoisotopic (exact) mass is 364 g/mol. The molecule has 0 bridgehead atoms. The van der Waals surface area contributed by atoms with E-state index in [2.05, 4.69) is 25.8 Å². The van der Waals surface area contributed by atoms with Crippen molar-refractivity contribution in [2.24, 2.45) is 0 Å². The van der Waals surface area contributed by atoms with Crippen molar-refractivity contribution in [3.63, 3.8) is 0 Å². The predicted octanol–water partition coefficient (Wildman–Crippen LogP) is 3.62. The normalized spacial score (nSPS) is 10.9. The highest BCUT2D eigenvalue weighted by atomic mass is 35.5. The van der Waals surface area contributed by atoms with E-state index in [-0.39, 0.29) is 34.2 Å². The maximum Gasteiger partial charge on any atom is 0.414 e. The molecule has 0 unspecified atom stereocenters. The molecule has 2 N–H and O–H groups in total. The molecule has 8 nitrogen and oxygen atoms in total. The van der Waals surface area contributed by atoms with E-state index < -0.39 is 11.9 Å². The number of hydrogen-bond donors (Lipinski definition) is 2. The molecule has 0 fully saturated rings. The lowest BCUT2D eigenvalue weighted by atomic mass is 10.3. The summed E-state index contributed by atoms with van der Waals surface area (Å²) in [5, 5.41) is 13.3. The van der Waals surface area contributed by atoms with Gasteiger partial charge in [0.2, 0.25) is 11.6 Å². The Bertz CT molecular complexity index is 909. The van der Waals surface area contributed by atoms with Crippen LogP contribution in [0.5, 0.6) is 0 Å². The summed E-state index contributed by atoms with van der Waals surface area (Å²) in [7, 11) is 0. The first kappa shape index (κ1) is 16.9. The number of para-hydroxylation sites is 1. The molecule has 0 radical (unpaired) electrons. The molecule has 1 aromatic carbocycles. The van der Waals surface area contributed by atoms with Crippen LogP contribution in [-0.2, 0) is 4.74 Å². The average molecular weight is 365 g/mol. The van der Waals surface area contributed by atoms with Crippen LogP contribution in [0.1, 0.15) is 13.8 Å². The van der Waals surface area contributed by atoms with Gasteiger partial charge in [-0.2, -0.15) is 0 Å². The Labute approximate surface area is 147 Å². The number of hydrogen-bond acceptors (Lipinski definition) is 6. The molecule has 3 rings (SSSR count). The Hall–Kier alpha value is -2.94. The number of ether oxygens (including phenoxy) is 1. The lowest BCUT2D eigenvalue weighted by Gasteiger charge is -2.10. The number of rotatable bonds is 4. The van der Waals surface area contributed by atoms with E-state index in [1.54, 1.807) is 26.1 Å². The minimum Gasteiger partial charge on any atom is -0.447 e. The average Bonchev–Trinajstić information content (AvgIpc) is 2.94. The van der Waals surface area contributed by atoms with Gasteiger partial charge in [-0.15, -0.1) is 10.2 Å². The highest BCUT2D eigenvalue weighted by Gasteiger charge is 2.16. The molecule has 0 saturated heterocycles. The summed E-state index contributed by atoms with van der Waals surface area (Å²) in [4.78, 5) is 15.8. The number of nitrogens with one attached hydrogen (secondary N) is 2. The summed E-state index contributed by atoms with van der Waals surface area (Å²) in [6.45, 7) is 3.46.